The summed E-state index contributed by atoms with van der Waals surface area (Å²) in [5.74, 6) is 1.85. The molecule has 1 amide bonds. The van der Waals surface area contributed by atoms with Crippen LogP contribution in [-0.2, 0) is 4.79 Å². The fraction of sp³-hybridized carbons (Fsp3) is 0.500. The van der Waals surface area contributed by atoms with Gasteiger partial charge in [0, 0.05) is 19.0 Å². The first-order chi connectivity index (χ1) is 8.13. The molecular formula is C10H14N4O2S. The molecule has 6 nitrogen and oxygen atoms in total. The second-order valence-electron chi connectivity index (χ2n) is 3.89. The monoisotopic (exact) mass is 254 g/mol. The second-order valence-corrected chi connectivity index (χ2v) is 4.26. The molecule has 0 aliphatic carbocycles. The van der Waals surface area contributed by atoms with Crippen LogP contribution in [0, 0.1) is 5.92 Å². The van der Waals surface area contributed by atoms with E-state index in [-0.39, 0.29) is 17.6 Å². The molecule has 1 fully saturated rings. The summed E-state index contributed by atoms with van der Waals surface area (Å²) in [6.07, 6.45) is 0.476. The summed E-state index contributed by atoms with van der Waals surface area (Å²) in [5.41, 5.74) is 5.63. The van der Waals surface area contributed by atoms with E-state index in [2.05, 4.69) is 22.6 Å². The van der Waals surface area contributed by atoms with Crippen LogP contribution in [0.1, 0.15) is 6.42 Å². The maximum absolute atomic E-state index is 11.8. The van der Waals surface area contributed by atoms with Crippen molar-refractivity contribution in [3.63, 3.8) is 0 Å². The first kappa shape index (κ1) is 12.0. The van der Waals surface area contributed by atoms with Crippen LogP contribution in [-0.4, -0.2) is 35.3 Å². The lowest BCUT2D eigenvalue weighted by atomic mass is 10.1. The number of methoxy groups -OCH3 is 1. The van der Waals surface area contributed by atoms with Gasteiger partial charge in [-0.2, -0.15) is 22.6 Å². The molecule has 0 radical (unpaired) electrons. The van der Waals surface area contributed by atoms with Crippen molar-refractivity contribution < 1.29 is 9.53 Å². The number of amides is 1. The molecule has 2 rings (SSSR count). The van der Waals surface area contributed by atoms with Crippen LogP contribution in [0.25, 0.3) is 0 Å². The highest BCUT2D eigenvalue weighted by atomic mass is 32.1. The Morgan fingerprint density at radius 2 is 2.41 bits per heavy atom. The van der Waals surface area contributed by atoms with E-state index in [4.69, 9.17) is 10.5 Å². The molecule has 1 aromatic rings. The first-order valence-electron chi connectivity index (χ1n) is 5.23. The van der Waals surface area contributed by atoms with E-state index in [0.29, 0.717) is 30.5 Å². The van der Waals surface area contributed by atoms with Gasteiger partial charge in [-0.1, -0.05) is 0 Å². The smallest absolute Gasteiger partial charge is 0.237 e. The first-order valence-corrected chi connectivity index (χ1v) is 5.87. The van der Waals surface area contributed by atoms with E-state index in [9.17, 15) is 4.79 Å². The average molecular weight is 254 g/mol. The van der Waals surface area contributed by atoms with Gasteiger partial charge in [0.1, 0.15) is 5.82 Å². The van der Waals surface area contributed by atoms with Crippen LogP contribution in [0.15, 0.2) is 6.07 Å². The van der Waals surface area contributed by atoms with Gasteiger partial charge in [0.15, 0.2) is 0 Å². The lowest BCUT2D eigenvalue weighted by molar-refractivity contribution is -0.117. The van der Waals surface area contributed by atoms with E-state index in [1.807, 2.05) is 0 Å². The van der Waals surface area contributed by atoms with Crippen molar-refractivity contribution in [2.75, 3.05) is 30.0 Å². The summed E-state index contributed by atoms with van der Waals surface area (Å²) in [6, 6.07) is 1.51. The fourth-order valence-electron chi connectivity index (χ4n) is 1.75. The summed E-state index contributed by atoms with van der Waals surface area (Å²) in [4.78, 5) is 21.5. The van der Waals surface area contributed by atoms with E-state index in [0.717, 1.165) is 0 Å². The number of rotatable bonds is 3. The lowest BCUT2D eigenvalue weighted by Crippen LogP contribution is -2.27. The van der Waals surface area contributed by atoms with E-state index < -0.39 is 0 Å². The standard InChI is InChI=1S/C10H14N4O2S/c1-16-8-3-7(11)12-10(13-8)14-4-6(5-17)2-9(14)15/h3,6,17H,2,4-5H2,1H3,(H2,11,12,13). The third-order valence-corrected chi connectivity index (χ3v) is 3.14. The number of anilines is 2. The van der Waals surface area contributed by atoms with Crippen LogP contribution >= 0.6 is 12.6 Å². The average Bonchev–Trinajstić information content (AvgIpc) is 2.69. The van der Waals surface area contributed by atoms with Gasteiger partial charge in [-0.15, -0.1) is 0 Å². The van der Waals surface area contributed by atoms with Gasteiger partial charge < -0.3 is 10.5 Å². The molecule has 2 N–H and O–H groups in total. The Labute approximate surface area is 105 Å². The van der Waals surface area contributed by atoms with Gasteiger partial charge in [0.05, 0.1) is 7.11 Å². The van der Waals surface area contributed by atoms with Crippen LogP contribution < -0.4 is 15.4 Å². The minimum Gasteiger partial charge on any atom is -0.481 e. The molecule has 2 heterocycles. The van der Waals surface area contributed by atoms with Gasteiger partial charge in [-0.25, -0.2) is 0 Å². The third kappa shape index (κ3) is 2.44. The number of hydrogen-bond donors (Lipinski definition) is 2. The largest absolute Gasteiger partial charge is 0.481 e. The number of carbonyl (C=O) groups excluding carboxylic acids is 1. The Morgan fingerprint density at radius 3 is 3.00 bits per heavy atom. The zero-order chi connectivity index (χ0) is 12.4. The summed E-state index contributed by atoms with van der Waals surface area (Å²) < 4.78 is 5.00. The molecule has 0 saturated carbocycles. The van der Waals surface area contributed by atoms with E-state index in [1.165, 1.54) is 18.1 Å². The van der Waals surface area contributed by atoms with Crippen LogP contribution in [0.2, 0.25) is 0 Å². The van der Waals surface area contributed by atoms with Crippen molar-refractivity contribution in [1.29, 1.82) is 0 Å². The molecule has 1 aliphatic rings. The number of ether oxygens (including phenoxy) is 1. The molecule has 0 aromatic carbocycles. The fourth-order valence-corrected chi connectivity index (χ4v) is 2.00. The summed E-state index contributed by atoms with van der Waals surface area (Å²) in [5, 5.41) is 0. The second kappa shape index (κ2) is 4.79. The molecule has 7 heteroatoms. The van der Waals surface area contributed by atoms with Crippen LogP contribution in [0.4, 0.5) is 11.8 Å². The molecule has 1 unspecified atom stereocenters. The third-order valence-electron chi connectivity index (χ3n) is 2.62. The molecule has 0 bridgehead atoms. The highest BCUT2D eigenvalue weighted by Gasteiger charge is 2.31. The van der Waals surface area contributed by atoms with E-state index >= 15 is 0 Å². The Morgan fingerprint density at radius 1 is 1.65 bits per heavy atom. The minimum absolute atomic E-state index is 0.00305. The number of nitrogens with two attached hydrogens (primary N) is 1. The van der Waals surface area contributed by atoms with Crippen LogP contribution in [0.5, 0.6) is 5.88 Å². The van der Waals surface area contributed by atoms with Gasteiger partial charge in [-0.3, -0.25) is 9.69 Å². The van der Waals surface area contributed by atoms with Gasteiger partial charge in [0.25, 0.3) is 0 Å². The summed E-state index contributed by atoms with van der Waals surface area (Å²) in [6.45, 7) is 0.578. The van der Waals surface area contributed by atoms with Crippen molar-refractivity contribution in [3.8, 4) is 5.88 Å². The molecule has 1 aromatic heterocycles. The molecule has 17 heavy (non-hydrogen) atoms. The van der Waals surface area contributed by atoms with Crippen molar-refractivity contribution in [3.05, 3.63) is 6.07 Å². The highest BCUT2D eigenvalue weighted by molar-refractivity contribution is 7.80. The normalized spacial score (nSPS) is 19.8. The Bertz CT molecular complexity index is 440. The lowest BCUT2D eigenvalue weighted by Gasteiger charge is -2.15. The van der Waals surface area contributed by atoms with Crippen molar-refractivity contribution in [1.82, 2.24) is 9.97 Å². The molecule has 92 valence electrons. The topological polar surface area (TPSA) is 81.3 Å². The Balaban J connectivity index is 2.28. The summed E-state index contributed by atoms with van der Waals surface area (Å²) >= 11 is 4.20. The van der Waals surface area contributed by atoms with Gasteiger partial charge >= 0.3 is 0 Å². The van der Waals surface area contributed by atoms with Gasteiger partial charge in [-0.05, 0) is 11.7 Å². The molecule has 1 atom stereocenters. The zero-order valence-corrected chi connectivity index (χ0v) is 10.4. The summed E-state index contributed by atoms with van der Waals surface area (Å²) in [7, 11) is 1.49. The molecule has 1 saturated heterocycles. The zero-order valence-electron chi connectivity index (χ0n) is 9.46. The van der Waals surface area contributed by atoms with Crippen molar-refractivity contribution in [2.45, 2.75) is 6.42 Å². The maximum atomic E-state index is 11.8. The maximum Gasteiger partial charge on any atom is 0.237 e. The minimum atomic E-state index is -0.00305. The number of nitrogen functional groups attached to an aromatic ring is 1. The number of thiol groups is 1. The molecule has 0 spiro atoms. The SMILES string of the molecule is COc1cc(N)nc(N2CC(CS)CC2=O)n1. The van der Waals surface area contributed by atoms with Crippen molar-refractivity contribution in [2.24, 2.45) is 5.92 Å². The number of carbonyl (C=O) groups is 1. The highest BCUT2D eigenvalue weighted by Crippen LogP contribution is 2.25. The quantitative estimate of drug-likeness (QED) is 0.761. The number of aromatic nitrogens is 2. The van der Waals surface area contributed by atoms with Crippen molar-refractivity contribution >= 4 is 30.3 Å². The van der Waals surface area contributed by atoms with E-state index in [1.54, 1.807) is 0 Å². The molecule has 1 aliphatic heterocycles. The molecular weight excluding hydrogens is 240 g/mol. The predicted molar refractivity (Wildman–Crippen MR) is 67.3 cm³/mol. The Kier molecular flexibility index (Phi) is 3.37. The number of hydrogen-bond acceptors (Lipinski definition) is 6. The predicted octanol–water partition coefficient (Wildman–Crippen LogP) is 0.350. The van der Waals surface area contributed by atoms with Crippen LogP contribution in [0.3, 0.4) is 0 Å². The Hall–Kier alpha value is -1.50. The number of nitrogens with zero attached hydrogens (tertiary/aromatic N) is 3. The van der Waals surface area contributed by atoms with Gasteiger partial charge in [0.2, 0.25) is 17.7 Å².